The molecule has 0 aliphatic heterocycles. The summed E-state index contributed by atoms with van der Waals surface area (Å²) in [6, 6.07) is 9.07. The van der Waals surface area contributed by atoms with Gasteiger partial charge in [-0.05, 0) is 22.6 Å². The topological polar surface area (TPSA) is 98.8 Å². The van der Waals surface area contributed by atoms with Crippen LogP contribution < -0.4 is 0 Å². The summed E-state index contributed by atoms with van der Waals surface area (Å²) in [6.07, 6.45) is 0. The molecule has 0 radical (unpaired) electrons. The van der Waals surface area contributed by atoms with Gasteiger partial charge in [0.05, 0.1) is 5.52 Å². The van der Waals surface area contributed by atoms with Gasteiger partial charge in [-0.25, -0.2) is 0 Å². The number of hydrogen-bond donors (Lipinski definition) is 1. The maximum Gasteiger partial charge on any atom is 0.363 e. The van der Waals surface area contributed by atoms with Crippen molar-refractivity contribution in [3.05, 3.63) is 35.9 Å². The lowest BCUT2D eigenvalue weighted by Gasteiger charge is -2.20. The van der Waals surface area contributed by atoms with Crippen molar-refractivity contribution in [3.63, 3.8) is 0 Å². The highest BCUT2D eigenvalue weighted by Crippen LogP contribution is 2.58. The van der Waals surface area contributed by atoms with Crippen LogP contribution >= 0.6 is 7.60 Å². The lowest BCUT2D eigenvalue weighted by Crippen LogP contribution is -2.06. The summed E-state index contributed by atoms with van der Waals surface area (Å²) >= 11 is 0. The van der Waals surface area contributed by atoms with Crippen molar-refractivity contribution >= 4 is 24.1 Å². The van der Waals surface area contributed by atoms with Gasteiger partial charge in [-0.1, -0.05) is 18.2 Å². The summed E-state index contributed by atoms with van der Waals surface area (Å²) in [5.74, 6) is -1.48. The number of fused-ring (bicyclic) bond motifs is 3. The molecule has 110 valence electrons. The molecule has 2 heterocycles. The first-order valence-corrected chi connectivity index (χ1v) is 7.71. The Hall–Kier alpha value is -1.86. The van der Waals surface area contributed by atoms with Gasteiger partial charge in [0.25, 0.3) is 0 Å². The van der Waals surface area contributed by atoms with E-state index < -0.39 is 13.4 Å². The fraction of sp³-hybridized carbons (Fsp3) is 0.250. The number of nitrogens with zero attached hydrogens (tertiary/aromatic N) is 4. The van der Waals surface area contributed by atoms with Crippen LogP contribution in [0, 0.1) is 0 Å². The number of para-hydroxylation sites is 1. The molecule has 9 heteroatoms. The fourth-order valence-corrected chi connectivity index (χ4v) is 3.28. The Balaban J connectivity index is 2.30. The van der Waals surface area contributed by atoms with Gasteiger partial charge in [-0.3, -0.25) is 4.57 Å². The van der Waals surface area contributed by atoms with E-state index in [1.807, 2.05) is 24.3 Å². The molecule has 0 amide bonds. The first kappa shape index (κ1) is 14.1. The molecule has 1 aromatic carbocycles. The number of hydrogen-bond acceptors (Lipinski definition) is 7. The van der Waals surface area contributed by atoms with Crippen molar-refractivity contribution in [2.45, 2.75) is 5.85 Å². The minimum absolute atomic E-state index is 0.283. The van der Waals surface area contributed by atoms with Crippen LogP contribution in [0.2, 0.25) is 0 Å². The number of aliphatic hydroxyl groups is 1. The van der Waals surface area contributed by atoms with Crippen molar-refractivity contribution < 1.29 is 18.7 Å². The van der Waals surface area contributed by atoms with Crippen molar-refractivity contribution in [2.75, 3.05) is 14.2 Å². The summed E-state index contributed by atoms with van der Waals surface area (Å²) in [7, 11) is -1.27. The molecular weight excluding hydrogens is 295 g/mol. The zero-order valence-corrected chi connectivity index (χ0v) is 12.3. The molecule has 0 saturated heterocycles. The Morgan fingerprint density at radius 1 is 1.29 bits per heavy atom. The first-order valence-electron chi connectivity index (χ1n) is 6.09. The molecule has 0 aliphatic carbocycles. The maximum atomic E-state index is 12.4. The van der Waals surface area contributed by atoms with E-state index in [0.29, 0.717) is 5.65 Å². The third kappa shape index (κ3) is 2.13. The molecule has 0 fully saturated rings. The molecule has 1 N–H and O–H groups in total. The maximum absolute atomic E-state index is 12.4. The molecule has 2 aromatic heterocycles. The predicted octanol–water partition coefficient (Wildman–Crippen LogP) is 1.75. The van der Waals surface area contributed by atoms with E-state index in [1.165, 1.54) is 18.7 Å². The second-order valence-electron chi connectivity index (χ2n) is 4.35. The van der Waals surface area contributed by atoms with Crippen LogP contribution in [0.4, 0.5) is 0 Å². The second kappa shape index (κ2) is 5.16. The summed E-state index contributed by atoms with van der Waals surface area (Å²) in [5.41, 5.74) is 1.36. The highest BCUT2D eigenvalue weighted by molar-refractivity contribution is 7.54. The lowest BCUT2D eigenvalue weighted by molar-refractivity contribution is 0.176. The van der Waals surface area contributed by atoms with Crippen LogP contribution in [0.5, 0.6) is 0 Å². The Morgan fingerprint density at radius 2 is 2.00 bits per heavy atom. The van der Waals surface area contributed by atoms with Gasteiger partial charge >= 0.3 is 7.60 Å². The highest BCUT2D eigenvalue weighted by Gasteiger charge is 2.36. The zero-order valence-electron chi connectivity index (χ0n) is 11.4. The average Bonchev–Trinajstić information content (AvgIpc) is 3.02. The first-order chi connectivity index (χ1) is 10.1. The molecule has 0 bridgehead atoms. The number of aliphatic hydroxyl groups excluding tert-OH is 1. The fourth-order valence-electron chi connectivity index (χ4n) is 2.20. The van der Waals surface area contributed by atoms with E-state index in [9.17, 15) is 9.67 Å². The molecule has 8 nitrogen and oxygen atoms in total. The molecule has 0 saturated carbocycles. The van der Waals surface area contributed by atoms with Crippen LogP contribution in [0.1, 0.15) is 11.4 Å². The second-order valence-corrected chi connectivity index (χ2v) is 6.65. The normalized spacial score (nSPS) is 13.9. The third-order valence-corrected chi connectivity index (χ3v) is 5.19. The van der Waals surface area contributed by atoms with Gasteiger partial charge in [0.15, 0.2) is 11.5 Å². The lowest BCUT2D eigenvalue weighted by atomic mass is 10.1. The molecule has 3 rings (SSSR count). The van der Waals surface area contributed by atoms with Crippen molar-refractivity contribution in [2.24, 2.45) is 0 Å². The number of rotatable bonds is 4. The van der Waals surface area contributed by atoms with Gasteiger partial charge in [0.1, 0.15) is 0 Å². The molecule has 21 heavy (non-hydrogen) atoms. The molecule has 1 unspecified atom stereocenters. The Kier molecular flexibility index (Phi) is 3.46. The Bertz CT molecular complexity index is 842. The standard InChI is InChI=1S/C12H13N4O4P/c1-19-21(18,20-2)12(17)9-7-8-5-3-4-6-10(8)16-11(9)13-14-15-16/h3-7,12,17H,1-2H3. The van der Waals surface area contributed by atoms with Gasteiger partial charge in [0, 0.05) is 25.2 Å². The molecule has 1 atom stereocenters. The SMILES string of the molecule is COP(=O)(OC)C(O)c1cc2ccccc2n2nnnc12. The van der Waals surface area contributed by atoms with E-state index in [4.69, 9.17) is 9.05 Å². The van der Waals surface area contributed by atoms with Gasteiger partial charge in [-0.2, -0.15) is 4.52 Å². The quantitative estimate of drug-likeness (QED) is 0.733. The van der Waals surface area contributed by atoms with Crippen LogP contribution in [-0.4, -0.2) is 39.4 Å². The number of pyridine rings is 1. The molecule has 0 spiro atoms. The monoisotopic (exact) mass is 308 g/mol. The van der Waals surface area contributed by atoms with Crippen LogP contribution in [0.25, 0.3) is 16.6 Å². The van der Waals surface area contributed by atoms with Crippen LogP contribution in [-0.2, 0) is 13.6 Å². The van der Waals surface area contributed by atoms with Gasteiger partial charge < -0.3 is 14.2 Å². The van der Waals surface area contributed by atoms with Crippen LogP contribution in [0.3, 0.4) is 0 Å². The van der Waals surface area contributed by atoms with Crippen LogP contribution in [0.15, 0.2) is 30.3 Å². The summed E-state index contributed by atoms with van der Waals surface area (Å²) < 4.78 is 23.5. The molecular formula is C12H13N4O4P. The zero-order chi connectivity index (χ0) is 15.0. The van der Waals surface area contributed by atoms with Gasteiger partial charge in [0.2, 0.25) is 0 Å². The molecule has 3 aromatic rings. The average molecular weight is 308 g/mol. The van der Waals surface area contributed by atoms with E-state index >= 15 is 0 Å². The van der Waals surface area contributed by atoms with E-state index in [0.717, 1.165) is 10.9 Å². The number of tetrazole rings is 1. The minimum atomic E-state index is -3.71. The molecule has 0 aliphatic rings. The smallest absolute Gasteiger partial charge is 0.363 e. The summed E-state index contributed by atoms with van der Waals surface area (Å²) in [6.45, 7) is 0. The number of aromatic nitrogens is 4. The predicted molar refractivity (Wildman–Crippen MR) is 74.9 cm³/mol. The summed E-state index contributed by atoms with van der Waals surface area (Å²) in [4.78, 5) is 0. The Labute approximate surface area is 119 Å². The third-order valence-electron chi connectivity index (χ3n) is 3.29. The van der Waals surface area contributed by atoms with Crippen molar-refractivity contribution in [1.82, 2.24) is 20.0 Å². The highest BCUT2D eigenvalue weighted by atomic mass is 31.2. The van der Waals surface area contributed by atoms with Gasteiger partial charge in [-0.15, -0.1) is 5.10 Å². The Morgan fingerprint density at radius 3 is 2.71 bits per heavy atom. The van der Waals surface area contributed by atoms with Crippen molar-refractivity contribution in [3.8, 4) is 0 Å². The van der Waals surface area contributed by atoms with E-state index in [1.54, 1.807) is 6.07 Å². The minimum Gasteiger partial charge on any atom is -0.376 e. The largest absolute Gasteiger partial charge is 0.376 e. The number of benzene rings is 1. The summed E-state index contributed by atoms with van der Waals surface area (Å²) in [5, 5.41) is 22.6. The van der Waals surface area contributed by atoms with E-state index in [2.05, 4.69) is 15.5 Å². The van der Waals surface area contributed by atoms with Crippen molar-refractivity contribution in [1.29, 1.82) is 0 Å². The van der Waals surface area contributed by atoms with E-state index in [-0.39, 0.29) is 5.56 Å².